The zero-order chi connectivity index (χ0) is 19.5. The van der Waals surface area contributed by atoms with Crippen LogP contribution >= 0.6 is 11.3 Å². The third-order valence-corrected chi connectivity index (χ3v) is 6.25. The van der Waals surface area contributed by atoms with Crippen molar-refractivity contribution in [2.24, 2.45) is 0 Å². The first-order chi connectivity index (χ1) is 13.6. The van der Waals surface area contributed by atoms with Gasteiger partial charge in [0.1, 0.15) is 11.3 Å². The minimum Gasteiger partial charge on any atom is -0.356 e. The van der Waals surface area contributed by atoms with Gasteiger partial charge in [-0.15, -0.1) is 11.3 Å². The summed E-state index contributed by atoms with van der Waals surface area (Å²) in [5.41, 5.74) is 3.05. The maximum Gasteiger partial charge on any atom is 0.291 e. The first-order valence-electron chi connectivity index (χ1n) is 10.0. The van der Waals surface area contributed by atoms with E-state index in [-0.39, 0.29) is 11.5 Å². The summed E-state index contributed by atoms with van der Waals surface area (Å²) < 4.78 is 4.50. The third kappa shape index (κ3) is 3.90. The van der Waals surface area contributed by atoms with Gasteiger partial charge in [0.15, 0.2) is 0 Å². The molecule has 4 rings (SSSR count). The van der Waals surface area contributed by atoms with Crippen LogP contribution in [-0.2, 0) is 11.3 Å². The fraction of sp³-hybridized carbons (Fsp3) is 0.476. The molecule has 0 aromatic carbocycles. The molecule has 6 nitrogen and oxygen atoms in total. The Morgan fingerprint density at radius 1 is 1.32 bits per heavy atom. The van der Waals surface area contributed by atoms with E-state index >= 15 is 0 Å². The monoisotopic (exact) mass is 398 g/mol. The summed E-state index contributed by atoms with van der Waals surface area (Å²) in [7, 11) is 0. The summed E-state index contributed by atoms with van der Waals surface area (Å²) >= 11 is 1.62. The van der Waals surface area contributed by atoms with Gasteiger partial charge in [-0.1, -0.05) is 11.6 Å². The first kappa shape index (κ1) is 18.9. The fourth-order valence-electron chi connectivity index (χ4n) is 3.95. The number of carbonyl (C=O) groups is 1. The molecule has 0 unspecified atom stereocenters. The molecular formula is C21H26N4O2S. The second kappa shape index (κ2) is 8.31. The molecule has 3 heterocycles. The van der Waals surface area contributed by atoms with E-state index < -0.39 is 0 Å². The fourth-order valence-corrected chi connectivity index (χ4v) is 4.76. The quantitative estimate of drug-likeness (QED) is 0.616. The Hall–Kier alpha value is -2.41. The lowest BCUT2D eigenvalue weighted by Gasteiger charge is -2.13. The minimum atomic E-state index is -0.0985. The number of rotatable bonds is 7. The van der Waals surface area contributed by atoms with Gasteiger partial charge in [0.05, 0.1) is 10.2 Å². The SMILES string of the molecule is Cc1nn(CCCC(=O)NCCC2=CCCCC2)c(=O)c2cc3sccc3n12. The molecule has 0 spiro atoms. The van der Waals surface area contributed by atoms with Gasteiger partial charge >= 0.3 is 0 Å². The number of aryl methyl sites for hydroxylation is 2. The Balaban J connectivity index is 1.32. The Morgan fingerprint density at radius 3 is 3.04 bits per heavy atom. The van der Waals surface area contributed by atoms with Crippen molar-refractivity contribution in [3.63, 3.8) is 0 Å². The van der Waals surface area contributed by atoms with E-state index in [1.807, 2.05) is 28.8 Å². The Kier molecular flexibility index (Phi) is 5.62. The Bertz CT molecular complexity index is 1090. The van der Waals surface area contributed by atoms with Crippen molar-refractivity contribution in [2.75, 3.05) is 6.54 Å². The van der Waals surface area contributed by atoms with Crippen molar-refractivity contribution in [3.05, 3.63) is 45.3 Å². The number of amides is 1. The van der Waals surface area contributed by atoms with Crippen molar-refractivity contribution >= 4 is 33.0 Å². The lowest BCUT2D eigenvalue weighted by atomic mass is 9.97. The molecule has 0 fully saturated rings. The van der Waals surface area contributed by atoms with Gasteiger partial charge in [-0.3, -0.25) is 14.0 Å². The van der Waals surface area contributed by atoms with Crippen molar-refractivity contribution in [1.29, 1.82) is 0 Å². The van der Waals surface area contributed by atoms with E-state index in [0.29, 0.717) is 31.4 Å². The molecule has 1 N–H and O–H groups in total. The van der Waals surface area contributed by atoms with Gasteiger partial charge in [0.2, 0.25) is 5.91 Å². The van der Waals surface area contributed by atoms with E-state index in [1.165, 1.54) is 35.9 Å². The lowest BCUT2D eigenvalue weighted by Crippen LogP contribution is -2.28. The maximum absolute atomic E-state index is 12.7. The Morgan fingerprint density at radius 2 is 2.21 bits per heavy atom. The smallest absolute Gasteiger partial charge is 0.291 e. The number of fused-ring (bicyclic) bond motifs is 3. The van der Waals surface area contributed by atoms with Crippen molar-refractivity contribution in [1.82, 2.24) is 19.5 Å². The average Bonchev–Trinajstić information content (AvgIpc) is 3.28. The van der Waals surface area contributed by atoms with E-state index in [0.717, 1.165) is 22.5 Å². The van der Waals surface area contributed by atoms with E-state index in [4.69, 9.17) is 0 Å². The number of carbonyl (C=O) groups excluding carboxylic acids is 1. The predicted molar refractivity (Wildman–Crippen MR) is 113 cm³/mol. The number of hydrogen-bond acceptors (Lipinski definition) is 4. The predicted octanol–water partition coefficient (Wildman–Crippen LogP) is 3.81. The van der Waals surface area contributed by atoms with Crippen molar-refractivity contribution < 1.29 is 4.79 Å². The summed E-state index contributed by atoms with van der Waals surface area (Å²) in [5.74, 6) is 0.832. The second-order valence-electron chi connectivity index (χ2n) is 7.42. The van der Waals surface area contributed by atoms with Crippen LogP contribution in [0.1, 0.15) is 50.8 Å². The highest BCUT2D eigenvalue weighted by Gasteiger charge is 2.13. The number of thiophene rings is 1. The molecule has 7 heteroatoms. The van der Waals surface area contributed by atoms with E-state index in [1.54, 1.807) is 11.3 Å². The highest BCUT2D eigenvalue weighted by molar-refractivity contribution is 7.17. The standard InChI is InChI=1S/C21H26N4O2S/c1-15-23-24(21(27)18-14-19-17(25(15)18)10-13-28-19)12-5-8-20(26)22-11-9-16-6-3-2-4-7-16/h6,10,13-14H,2-5,7-9,11-12H2,1H3,(H,22,26). The topological polar surface area (TPSA) is 68.4 Å². The second-order valence-corrected chi connectivity index (χ2v) is 8.37. The van der Waals surface area contributed by atoms with Crippen molar-refractivity contribution in [2.45, 2.75) is 58.4 Å². The number of aromatic nitrogens is 3. The van der Waals surface area contributed by atoms with Gasteiger partial charge in [-0.2, -0.15) is 5.10 Å². The zero-order valence-electron chi connectivity index (χ0n) is 16.2. The summed E-state index contributed by atoms with van der Waals surface area (Å²) in [6, 6.07) is 3.94. The van der Waals surface area contributed by atoms with Gasteiger partial charge in [-0.25, -0.2) is 4.68 Å². The molecule has 0 atom stereocenters. The van der Waals surface area contributed by atoms with Crippen LogP contribution in [0.4, 0.5) is 0 Å². The highest BCUT2D eigenvalue weighted by atomic mass is 32.1. The first-order valence-corrected chi connectivity index (χ1v) is 10.9. The third-order valence-electron chi connectivity index (χ3n) is 5.39. The van der Waals surface area contributed by atoms with Crippen LogP contribution in [0.2, 0.25) is 0 Å². The zero-order valence-corrected chi connectivity index (χ0v) is 17.1. The van der Waals surface area contributed by atoms with Crippen LogP contribution < -0.4 is 10.9 Å². The molecule has 148 valence electrons. The molecule has 0 bridgehead atoms. The molecule has 0 saturated heterocycles. The molecule has 0 aliphatic heterocycles. The molecule has 28 heavy (non-hydrogen) atoms. The summed E-state index contributed by atoms with van der Waals surface area (Å²) in [6.07, 6.45) is 9.19. The number of nitrogens with zero attached hydrogens (tertiary/aromatic N) is 3. The molecule has 0 radical (unpaired) electrons. The van der Waals surface area contributed by atoms with Crippen LogP contribution in [0.3, 0.4) is 0 Å². The van der Waals surface area contributed by atoms with Gasteiger partial charge in [0, 0.05) is 19.5 Å². The maximum atomic E-state index is 12.7. The van der Waals surface area contributed by atoms with E-state index in [2.05, 4.69) is 16.5 Å². The molecular weight excluding hydrogens is 372 g/mol. The molecule has 0 saturated carbocycles. The Labute approximate surface area is 167 Å². The van der Waals surface area contributed by atoms with Crippen LogP contribution in [0.25, 0.3) is 15.7 Å². The van der Waals surface area contributed by atoms with Gasteiger partial charge < -0.3 is 5.32 Å². The summed E-state index contributed by atoms with van der Waals surface area (Å²) in [4.78, 5) is 24.8. The highest BCUT2D eigenvalue weighted by Crippen LogP contribution is 2.24. The van der Waals surface area contributed by atoms with Crippen LogP contribution in [0.5, 0.6) is 0 Å². The van der Waals surface area contributed by atoms with Crippen LogP contribution in [0.15, 0.2) is 34.0 Å². The largest absolute Gasteiger partial charge is 0.356 e. The molecule has 1 aliphatic carbocycles. The van der Waals surface area contributed by atoms with Crippen LogP contribution in [-0.4, -0.2) is 26.6 Å². The average molecular weight is 399 g/mol. The minimum absolute atomic E-state index is 0.0467. The van der Waals surface area contributed by atoms with Gasteiger partial charge in [0.25, 0.3) is 5.56 Å². The molecule has 1 amide bonds. The lowest BCUT2D eigenvalue weighted by molar-refractivity contribution is -0.121. The number of hydrogen-bond donors (Lipinski definition) is 1. The van der Waals surface area contributed by atoms with Gasteiger partial charge in [-0.05, 0) is 63.0 Å². The molecule has 3 aromatic rings. The number of nitrogens with one attached hydrogen (secondary N) is 1. The normalized spacial score (nSPS) is 14.5. The molecule has 1 aliphatic rings. The number of allylic oxidation sites excluding steroid dienone is 1. The van der Waals surface area contributed by atoms with Crippen LogP contribution in [0, 0.1) is 6.92 Å². The summed E-state index contributed by atoms with van der Waals surface area (Å²) in [6.45, 7) is 3.06. The van der Waals surface area contributed by atoms with E-state index in [9.17, 15) is 9.59 Å². The van der Waals surface area contributed by atoms with Crippen molar-refractivity contribution in [3.8, 4) is 0 Å². The summed E-state index contributed by atoms with van der Waals surface area (Å²) in [5, 5.41) is 9.47. The molecule has 3 aromatic heterocycles.